The van der Waals surface area contributed by atoms with Gasteiger partial charge >= 0.3 is 6.03 Å². The molecule has 0 aliphatic carbocycles. The first-order valence-corrected chi connectivity index (χ1v) is 9.28. The summed E-state index contributed by atoms with van der Waals surface area (Å²) >= 11 is 0. The molecule has 4 rings (SSSR count). The Hall–Kier alpha value is -3.67. The number of rotatable bonds is 4. The smallest absolute Gasteiger partial charge is 0.318 e. The van der Waals surface area contributed by atoms with Gasteiger partial charge in [-0.25, -0.2) is 9.18 Å². The fraction of sp³-hybridized carbons (Fsp3) is 0.130. The lowest BCUT2D eigenvalue weighted by atomic mass is 10.2. The number of urea groups is 1. The number of nitrogens with one attached hydrogen (secondary N) is 1. The molecule has 1 aliphatic heterocycles. The first-order chi connectivity index (χ1) is 14.0. The molecule has 2 aromatic carbocycles. The lowest BCUT2D eigenvalue weighted by molar-refractivity contribution is -0.123. The predicted octanol–water partition coefficient (Wildman–Crippen LogP) is 4.33. The molecule has 0 saturated carbocycles. The lowest BCUT2D eigenvalue weighted by Crippen LogP contribution is -2.30. The van der Waals surface area contributed by atoms with Gasteiger partial charge in [0.1, 0.15) is 11.5 Å². The number of nitrogens with zero attached hydrogens (tertiary/aromatic N) is 2. The van der Waals surface area contributed by atoms with Gasteiger partial charge in [0.05, 0.1) is 6.54 Å². The van der Waals surface area contributed by atoms with Gasteiger partial charge in [-0.2, -0.15) is 0 Å². The maximum atomic E-state index is 13.9. The van der Waals surface area contributed by atoms with Gasteiger partial charge in [0.15, 0.2) is 0 Å². The maximum absolute atomic E-state index is 13.9. The highest BCUT2D eigenvalue weighted by atomic mass is 19.1. The summed E-state index contributed by atoms with van der Waals surface area (Å²) in [4.78, 5) is 26.1. The van der Waals surface area contributed by atoms with Crippen molar-refractivity contribution in [2.45, 2.75) is 20.4 Å². The summed E-state index contributed by atoms with van der Waals surface area (Å²) in [7, 11) is 0. The second kappa shape index (κ2) is 7.39. The van der Waals surface area contributed by atoms with E-state index in [2.05, 4.69) is 9.88 Å². The second-order valence-electron chi connectivity index (χ2n) is 6.97. The van der Waals surface area contributed by atoms with E-state index in [1.165, 1.54) is 6.07 Å². The molecule has 1 aliphatic rings. The number of halogens is 1. The van der Waals surface area contributed by atoms with E-state index in [0.717, 1.165) is 27.5 Å². The highest BCUT2D eigenvalue weighted by Crippen LogP contribution is 2.24. The van der Waals surface area contributed by atoms with Gasteiger partial charge in [-0.1, -0.05) is 36.4 Å². The van der Waals surface area contributed by atoms with Crippen molar-refractivity contribution in [1.29, 1.82) is 0 Å². The van der Waals surface area contributed by atoms with Crippen LogP contribution >= 0.6 is 0 Å². The monoisotopic (exact) mass is 389 g/mol. The predicted molar refractivity (Wildman–Crippen MR) is 109 cm³/mol. The Balaban J connectivity index is 1.64. The third-order valence-electron chi connectivity index (χ3n) is 5.03. The summed E-state index contributed by atoms with van der Waals surface area (Å²) < 4.78 is 16.0. The van der Waals surface area contributed by atoms with Crippen molar-refractivity contribution in [2.24, 2.45) is 0 Å². The molecule has 0 unspecified atom stereocenters. The summed E-state index contributed by atoms with van der Waals surface area (Å²) in [5.41, 5.74) is 4.30. The largest absolute Gasteiger partial charge is 0.329 e. The molecule has 29 heavy (non-hydrogen) atoms. The number of carbonyl (C=O) groups is 2. The molecule has 2 heterocycles. The Morgan fingerprint density at radius 3 is 2.41 bits per heavy atom. The van der Waals surface area contributed by atoms with E-state index in [-0.39, 0.29) is 12.2 Å². The zero-order chi connectivity index (χ0) is 20.5. The zero-order valence-corrected chi connectivity index (χ0v) is 16.1. The number of para-hydroxylation sites is 1. The van der Waals surface area contributed by atoms with Crippen molar-refractivity contribution in [1.82, 2.24) is 14.8 Å². The SMILES string of the molecule is Cc1cc(/C=C2\NC(=O)N(Cc3ccccc3F)C2=O)c(C)n1-c1ccccc1. The summed E-state index contributed by atoms with van der Waals surface area (Å²) in [6, 6.07) is 17.4. The molecule has 0 radical (unpaired) electrons. The summed E-state index contributed by atoms with van der Waals surface area (Å²) in [6.07, 6.45) is 1.67. The number of carbonyl (C=O) groups excluding carboxylic acids is 2. The van der Waals surface area contributed by atoms with Crippen LogP contribution in [0.1, 0.15) is 22.5 Å². The van der Waals surface area contributed by atoms with Gasteiger partial charge in [-0.05, 0) is 49.8 Å². The first-order valence-electron chi connectivity index (χ1n) is 9.28. The van der Waals surface area contributed by atoms with Crippen LogP contribution in [0.2, 0.25) is 0 Å². The van der Waals surface area contributed by atoms with Gasteiger partial charge in [-0.15, -0.1) is 0 Å². The lowest BCUT2D eigenvalue weighted by Gasteiger charge is -2.12. The van der Waals surface area contributed by atoms with Gasteiger partial charge in [0.25, 0.3) is 5.91 Å². The fourth-order valence-corrected chi connectivity index (χ4v) is 3.58. The summed E-state index contributed by atoms with van der Waals surface area (Å²) in [5, 5.41) is 2.60. The van der Waals surface area contributed by atoms with E-state index in [4.69, 9.17) is 0 Å². The van der Waals surface area contributed by atoms with Crippen LogP contribution in [-0.2, 0) is 11.3 Å². The first kappa shape index (κ1) is 18.7. The highest BCUT2D eigenvalue weighted by Gasteiger charge is 2.34. The van der Waals surface area contributed by atoms with E-state index in [0.29, 0.717) is 5.56 Å². The number of aryl methyl sites for hydroxylation is 1. The Bertz CT molecular complexity index is 1130. The van der Waals surface area contributed by atoms with Gasteiger partial charge < -0.3 is 9.88 Å². The minimum Gasteiger partial charge on any atom is -0.318 e. The van der Waals surface area contributed by atoms with E-state index >= 15 is 0 Å². The summed E-state index contributed by atoms with van der Waals surface area (Å²) in [5.74, 6) is -0.917. The van der Waals surface area contributed by atoms with E-state index in [1.807, 2.05) is 50.2 Å². The molecule has 1 aromatic heterocycles. The van der Waals surface area contributed by atoms with Gasteiger partial charge in [-0.3, -0.25) is 9.69 Å². The number of benzene rings is 2. The molecule has 0 atom stereocenters. The van der Waals surface area contributed by atoms with Crippen molar-refractivity contribution >= 4 is 18.0 Å². The van der Waals surface area contributed by atoms with E-state index in [9.17, 15) is 14.0 Å². The van der Waals surface area contributed by atoms with Crippen LogP contribution in [-0.4, -0.2) is 21.4 Å². The van der Waals surface area contributed by atoms with Crippen LogP contribution in [0.4, 0.5) is 9.18 Å². The van der Waals surface area contributed by atoms with Crippen LogP contribution in [0.5, 0.6) is 0 Å². The Morgan fingerprint density at radius 2 is 1.69 bits per heavy atom. The normalized spacial score (nSPS) is 15.3. The third kappa shape index (κ3) is 3.45. The molecular formula is C23H20FN3O2. The molecular weight excluding hydrogens is 369 g/mol. The molecule has 3 amide bonds. The molecule has 6 heteroatoms. The standard InChI is InChI=1S/C23H20FN3O2/c1-15-12-18(16(2)27(15)19-9-4-3-5-10-19)13-21-22(28)26(23(29)25-21)14-17-8-6-7-11-20(17)24/h3-13H,14H2,1-2H3,(H,25,29)/b21-13-. The Kier molecular flexibility index (Phi) is 4.76. The van der Waals surface area contributed by atoms with Crippen molar-refractivity contribution in [3.63, 3.8) is 0 Å². The number of imide groups is 1. The zero-order valence-electron chi connectivity index (χ0n) is 16.1. The Morgan fingerprint density at radius 1 is 1.00 bits per heavy atom. The van der Waals surface area contributed by atoms with Gasteiger partial charge in [0.2, 0.25) is 0 Å². The van der Waals surface area contributed by atoms with Gasteiger partial charge in [0, 0.05) is 22.6 Å². The van der Waals surface area contributed by atoms with Crippen LogP contribution in [0, 0.1) is 19.7 Å². The van der Waals surface area contributed by atoms with Crippen LogP contribution in [0.15, 0.2) is 66.4 Å². The molecule has 1 saturated heterocycles. The molecule has 1 fully saturated rings. The average Bonchev–Trinajstić information content (AvgIpc) is 3.13. The Labute approximate surface area is 168 Å². The van der Waals surface area contributed by atoms with Crippen LogP contribution < -0.4 is 5.32 Å². The number of hydrogen-bond donors (Lipinski definition) is 1. The molecule has 5 nitrogen and oxygen atoms in total. The number of amides is 3. The van der Waals surface area contributed by atoms with E-state index < -0.39 is 17.8 Å². The highest BCUT2D eigenvalue weighted by molar-refractivity contribution is 6.14. The summed E-state index contributed by atoms with van der Waals surface area (Å²) in [6.45, 7) is 3.84. The maximum Gasteiger partial charge on any atom is 0.329 e. The molecule has 3 aromatic rings. The molecule has 0 spiro atoms. The topological polar surface area (TPSA) is 54.3 Å². The third-order valence-corrected chi connectivity index (χ3v) is 5.03. The van der Waals surface area contributed by atoms with Crippen LogP contribution in [0.25, 0.3) is 11.8 Å². The number of aromatic nitrogens is 1. The number of hydrogen-bond acceptors (Lipinski definition) is 2. The van der Waals surface area contributed by atoms with Crippen molar-refractivity contribution in [3.05, 3.63) is 94.7 Å². The van der Waals surface area contributed by atoms with Crippen molar-refractivity contribution in [3.8, 4) is 5.69 Å². The minimum atomic E-state index is -0.554. The second-order valence-corrected chi connectivity index (χ2v) is 6.97. The quantitative estimate of drug-likeness (QED) is 0.534. The average molecular weight is 389 g/mol. The molecule has 0 bridgehead atoms. The van der Waals surface area contributed by atoms with Crippen LogP contribution in [0.3, 0.4) is 0 Å². The van der Waals surface area contributed by atoms with E-state index in [1.54, 1.807) is 24.3 Å². The van der Waals surface area contributed by atoms with Crippen molar-refractivity contribution in [2.75, 3.05) is 0 Å². The minimum absolute atomic E-state index is 0.113. The van der Waals surface area contributed by atoms with Crippen molar-refractivity contribution < 1.29 is 14.0 Å². The molecule has 146 valence electrons. The fourth-order valence-electron chi connectivity index (χ4n) is 3.58. The molecule has 1 N–H and O–H groups in total.